The van der Waals surface area contributed by atoms with Crippen molar-refractivity contribution in [2.45, 2.75) is 0 Å². The van der Waals surface area contributed by atoms with Gasteiger partial charge in [-0.05, 0) is 104 Å². The van der Waals surface area contributed by atoms with E-state index in [1.54, 1.807) is 0 Å². The maximum atomic E-state index is 9.41. The van der Waals surface area contributed by atoms with E-state index in [1.165, 1.54) is 0 Å². The van der Waals surface area contributed by atoms with E-state index in [-0.39, 0.29) is 0 Å². The van der Waals surface area contributed by atoms with Gasteiger partial charge in [-0.15, -0.1) is 0 Å². The van der Waals surface area contributed by atoms with E-state index in [0.717, 1.165) is 145 Å². The van der Waals surface area contributed by atoms with Crippen molar-refractivity contribution in [3.05, 3.63) is 406 Å². The number of pyridine rings is 1. The van der Waals surface area contributed by atoms with Crippen LogP contribution in [0, 0.1) is 11.3 Å². The zero-order chi connectivity index (χ0) is 76.4. The van der Waals surface area contributed by atoms with Gasteiger partial charge in [0.1, 0.15) is 0 Å². The van der Waals surface area contributed by atoms with E-state index in [2.05, 4.69) is 193 Å². The molecule has 0 atom stereocenters. The van der Waals surface area contributed by atoms with Crippen LogP contribution in [-0.4, -0.2) is 54.8 Å². The van der Waals surface area contributed by atoms with Gasteiger partial charge in [0.15, 0.2) is 46.6 Å². The van der Waals surface area contributed by atoms with E-state index < -0.39 is 0 Å². The van der Waals surface area contributed by atoms with E-state index in [0.29, 0.717) is 52.2 Å². The van der Waals surface area contributed by atoms with Crippen molar-refractivity contribution in [3.8, 4) is 187 Å². The van der Waals surface area contributed by atoms with Gasteiger partial charge in [0, 0.05) is 84.5 Å². The number of hydrogen-bond donors (Lipinski definition) is 0. The first-order valence-corrected chi connectivity index (χ1v) is 37.5. The molecule has 5 aromatic heterocycles. The van der Waals surface area contributed by atoms with Crippen molar-refractivity contribution in [1.29, 1.82) is 5.26 Å². The number of aromatic nitrogens is 11. The Morgan fingerprint density at radius 3 is 0.781 bits per heavy atom. The van der Waals surface area contributed by atoms with Crippen LogP contribution >= 0.6 is 0 Å². The molecule has 0 bridgehead atoms. The Hall–Kier alpha value is -15.8. The van der Waals surface area contributed by atoms with Crippen molar-refractivity contribution in [2.75, 3.05) is 0 Å². The van der Waals surface area contributed by atoms with Crippen molar-refractivity contribution >= 4 is 10.8 Å². The fraction of sp³-hybridized carbons (Fsp3) is 0. The molecule has 19 rings (SSSR count). The molecule has 0 radical (unpaired) electrons. The molecule has 5 heterocycles. The minimum Gasteiger partial charge on any atom is -0.264 e. The van der Waals surface area contributed by atoms with E-state index >= 15 is 0 Å². The second kappa shape index (κ2) is 32.2. The lowest BCUT2D eigenvalue weighted by Crippen LogP contribution is -2.00. The molecule has 19 aromatic rings. The zero-order valence-electron chi connectivity index (χ0n) is 61.5. The lowest BCUT2D eigenvalue weighted by atomic mass is 9.99. The summed E-state index contributed by atoms with van der Waals surface area (Å²) in [6, 6.07) is 133. The molecular formula is C102H66N12. The lowest BCUT2D eigenvalue weighted by molar-refractivity contribution is 1.07. The van der Waals surface area contributed by atoms with Crippen molar-refractivity contribution in [2.24, 2.45) is 0 Å². The Balaban J connectivity index is 0.000000159. The van der Waals surface area contributed by atoms with Crippen molar-refractivity contribution in [3.63, 3.8) is 0 Å². The SMILES string of the molecule is N#Cc1ccc(-c2cc(-c3ccc(-c4cccc(-c5nc(-c6ccccc6)nc(-c6ccccc6)n5)c4)cc3)nc(-c3cccc(-c4ccccc4)c3)n2)cc1.c1ccc(-c2ccc(-c3nc(-c4ccccc4)nc(-c4cccc(-c5ccc(-c6cc(-c7ccc8cnccc8c7)nc(-c7ccccc7)n6)cc5)c4)n3)cc2)cc1. The monoisotopic (exact) mass is 1460 g/mol. The Kier molecular flexibility index (Phi) is 19.7. The molecule has 114 heavy (non-hydrogen) atoms. The molecule has 0 amide bonds. The fourth-order valence-corrected chi connectivity index (χ4v) is 13.8. The number of nitrogens with zero attached hydrogens (tertiary/aromatic N) is 12. The second-order valence-electron chi connectivity index (χ2n) is 27.3. The standard InChI is InChI=1S/C52H34N6.C50H32N6/c1-4-11-35(12-5-1)36-21-25-41(26-22-36)51-56-50(40-15-8-3-9-16-40)57-52(58-51)45-18-10-17-42(32-45)37-19-23-38(24-20-37)47-33-48(55-49(54-47)39-13-6-2-7-14-39)44-27-28-46-34-53-30-29-43(46)31-44;51-33-34-22-24-37(25-23-34)45-32-46(53-49(52-45)43-20-10-18-41(30-43)35-12-4-1-5-13-35)38-28-26-36(27-29-38)42-19-11-21-44(31-42)50-55-47(39-14-6-2-7-15-39)54-48(56-50)40-16-8-3-9-17-40/h1-34H;1-32H. The van der Waals surface area contributed by atoms with Crippen LogP contribution in [-0.2, 0) is 0 Å². The van der Waals surface area contributed by atoms with E-state index in [4.69, 9.17) is 49.8 Å². The number of fused-ring (bicyclic) bond motifs is 1. The molecule has 0 saturated heterocycles. The summed E-state index contributed by atoms with van der Waals surface area (Å²) in [7, 11) is 0. The smallest absolute Gasteiger partial charge is 0.164 e. The summed E-state index contributed by atoms with van der Waals surface area (Å²) in [4.78, 5) is 54.2. The first kappa shape index (κ1) is 69.9. The molecule has 0 spiro atoms. The Labute approximate surface area is 659 Å². The normalized spacial score (nSPS) is 11.0. The largest absolute Gasteiger partial charge is 0.264 e. The quantitative estimate of drug-likeness (QED) is 0.0900. The van der Waals surface area contributed by atoms with Crippen LogP contribution < -0.4 is 0 Å². The minimum atomic E-state index is 0.599. The van der Waals surface area contributed by atoms with Crippen LogP contribution in [0.4, 0.5) is 0 Å². The molecule has 0 saturated carbocycles. The highest BCUT2D eigenvalue weighted by molar-refractivity contribution is 5.88. The highest BCUT2D eigenvalue weighted by Gasteiger charge is 2.19. The first-order valence-electron chi connectivity index (χ1n) is 37.5. The van der Waals surface area contributed by atoms with Crippen molar-refractivity contribution < 1.29 is 0 Å². The van der Waals surface area contributed by atoms with Gasteiger partial charge in [-0.2, -0.15) is 5.26 Å². The molecule has 12 heteroatoms. The van der Waals surface area contributed by atoms with Gasteiger partial charge < -0.3 is 0 Å². The summed E-state index contributed by atoms with van der Waals surface area (Å²) < 4.78 is 0. The third-order valence-electron chi connectivity index (χ3n) is 19.8. The third kappa shape index (κ3) is 15.6. The van der Waals surface area contributed by atoms with Gasteiger partial charge in [0.2, 0.25) is 0 Å². The Morgan fingerprint density at radius 1 is 0.167 bits per heavy atom. The van der Waals surface area contributed by atoms with Gasteiger partial charge in [-0.25, -0.2) is 49.8 Å². The highest BCUT2D eigenvalue weighted by Crippen LogP contribution is 2.37. The van der Waals surface area contributed by atoms with Crippen LogP contribution in [0.2, 0.25) is 0 Å². The number of nitriles is 1. The maximum Gasteiger partial charge on any atom is 0.164 e. The maximum absolute atomic E-state index is 9.41. The van der Waals surface area contributed by atoms with Gasteiger partial charge in [0.05, 0.1) is 34.4 Å². The predicted octanol–water partition coefficient (Wildman–Crippen LogP) is 24.4. The number of benzene rings is 14. The summed E-state index contributed by atoms with van der Waals surface area (Å²) in [6.45, 7) is 0. The molecule has 0 unspecified atom stereocenters. The van der Waals surface area contributed by atoms with Gasteiger partial charge in [-0.1, -0.05) is 334 Å². The van der Waals surface area contributed by atoms with Crippen LogP contribution in [0.3, 0.4) is 0 Å². The molecule has 0 aliphatic rings. The van der Waals surface area contributed by atoms with E-state index in [1.807, 2.05) is 219 Å². The molecule has 0 fully saturated rings. The third-order valence-corrected chi connectivity index (χ3v) is 19.8. The molecule has 12 nitrogen and oxygen atoms in total. The molecule has 14 aromatic carbocycles. The van der Waals surface area contributed by atoms with E-state index in [9.17, 15) is 5.26 Å². The van der Waals surface area contributed by atoms with Crippen LogP contribution in [0.15, 0.2) is 401 Å². The fourth-order valence-electron chi connectivity index (χ4n) is 13.8. The van der Waals surface area contributed by atoms with Gasteiger partial charge >= 0.3 is 0 Å². The van der Waals surface area contributed by atoms with Crippen LogP contribution in [0.5, 0.6) is 0 Å². The lowest BCUT2D eigenvalue weighted by Gasteiger charge is -2.12. The first-order chi connectivity index (χ1) is 56.4. The summed E-state index contributed by atoms with van der Waals surface area (Å²) in [5, 5.41) is 11.6. The second-order valence-corrected chi connectivity index (χ2v) is 27.3. The highest BCUT2D eigenvalue weighted by atomic mass is 15.0. The predicted molar refractivity (Wildman–Crippen MR) is 458 cm³/mol. The molecular weight excluding hydrogens is 1390 g/mol. The van der Waals surface area contributed by atoms with Gasteiger partial charge in [-0.3, -0.25) is 4.98 Å². The van der Waals surface area contributed by atoms with Crippen LogP contribution in [0.1, 0.15) is 5.56 Å². The minimum absolute atomic E-state index is 0.599. The topological polar surface area (TPSA) is 166 Å². The Morgan fingerprint density at radius 2 is 0.412 bits per heavy atom. The summed E-state index contributed by atoms with van der Waals surface area (Å²) in [6.07, 6.45) is 3.70. The summed E-state index contributed by atoms with van der Waals surface area (Å²) in [5.74, 6) is 5.02. The average molecular weight is 1460 g/mol. The van der Waals surface area contributed by atoms with Crippen LogP contribution in [0.25, 0.3) is 191 Å². The average Bonchev–Trinajstić information content (AvgIpc) is 0.791. The summed E-state index contributed by atoms with van der Waals surface area (Å²) in [5.41, 5.74) is 23.9. The van der Waals surface area contributed by atoms with Gasteiger partial charge in [0.25, 0.3) is 0 Å². The summed E-state index contributed by atoms with van der Waals surface area (Å²) >= 11 is 0. The number of hydrogen-bond acceptors (Lipinski definition) is 12. The molecule has 534 valence electrons. The van der Waals surface area contributed by atoms with Crippen molar-refractivity contribution in [1.82, 2.24) is 54.8 Å². The molecule has 0 aliphatic carbocycles. The Bertz CT molecular complexity index is 6610. The zero-order valence-corrected chi connectivity index (χ0v) is 61.5. The molecule has 0 N–H and O–H groups in total. The number of rotatable bonds is 16. The molecule has 0 aliphatic heterocycles.